The smallest absolute Gasteiger partial charge is 0.335 e. The summed E-state index contributed by atoms with van der Waals surface area (Å²) in [5, 5.41) is 28.3. The number of rotatable bonds is 22. The SMILES string of the molecule is CC(C)O[C@@H](Cc1cccc(OC[C@H](F)COc2ccc(Cl)cc2C#N)c1)C(=O)O.COC(=O)[C@H](Cc1cccc(OC[C@H](F)COc2ccc(Cl)cc2C#N)c1)OC(C)C. The molecule has 326 valence electrons. The molecule has 0 aliphatic rings. The third-order valence-corrected chi connectivity index (χ3v) is 8.55. The molecule has 0 fully saturated rings. The Morgan fingerprint density at radius 3 is 1.44 bits per heavy atom. The third kappa shape index (κ3) is 18.3. The topological polar surface area (TPSA) is 167 Å². The fraction of sp³-hybridized carbons (Fsp3) is 0.378. The van der Waals surface area contributed by atoms with E-state index in [-0.39, 0.29) is 67.7 Å². The number of hydrogen-bond donors (Lipinski definition) is 1. The first-order valence-electron chi connectivity index (χ1n) is 19.1. The first-order valence-corrected chi connectivity index (χ1v) is 19.8. The van der Waals surface area contributed by atoms with Gasteiger partial charge in [0.15, 0.2) is 24.6 Å². The molecule has 61 heavy (non-hydrogen) atoms. The van der Waals surface area contributed by atoms with Gasteiger partial charge in [0, 0.05) is 22.9 Å². The fourth-order valence-electron chi connectivity index (χ4n) is 5.38. The summed E-state index contributed by atoms with van der Waals surface area (Å²) in [5.74, 6) is -0.132. The Hall–Kier alpha value is -5.64. The number of methoxy groups -OCH3 is 1. The van der Waals surface area contributed by atoms with Crippen LogP contribution in [0.3, 0.4) is 0 Å². The molecule has 0 bridgehead atoms. The van der Waals surface area contributed by atoms with Gasteiger partial charge in [0.2, 0.25) is 0 Å². The molecule has 0 aliphatic carbocycles. The lowest BCUT2D eigenvalue weighted by Crippen LogP contribution is -2.30. The van der Waals surface area contributed by atoms with Gasteiger partial charge in [-0.05, 0) is 99.5 Å². The lowest BCUT2D eigenvalue weighted by Gasteiger charge is -2.18. The second-order valence-electron chi connectivity index (χ2n) is 13.9. The van der Waals surface area contributed by atoms with E-state index >= 15 is 0 Å². The highest BCUT2D eigenvalue weighted by atomic mass is 35.5. The Labute approximate surface area is 364 Å². The molecule has 0 heterocycles. The number of aliphatic carboxylic acids is 1. The maximum Gasteiger partial charge on any atom is 0.335 e. The second kappa shape index (κ2) is 25.9. The van der Waals surface area contributed by atoms with Crippen molar-refractivity contribution in [3.8, 4) is 35.1 Å². The van der Waals surface area contributed by atoms with Crippen molar-refractivity contribution in [1.82, 2.24) is 0 Å². The largest absolute Gasteiger partial charge is 0.490 e. The normalized spacial score (nSPS) is 12.7. The van der Waals surface area contributed by atoms with E-state index in [9.17, 15) is 23.5 Å². The van der Waals surface area contributed by atoms with Crippen LogP contribution in [0.25, 0.3) is 0 Å². The van der Waals surface area contributed by atoms with Crippen molar-refractivity contribution in [2.24, 2.45) is 0 Å². The van der Waals surface area contributed by atoms with Gasteiger partial charge in [-0.1, -0.05) is 47.5 Å². The standard InChI is InChI=1S/C23H25ClFNO5.C22H23ClFNO5/c1-15(2)31-22(23(27)28-3)10-16-5-4-6-20(9-16)29-13-19(25)14-30-21-8-7-18(24)11-17(21)12-26;1-14(2)30-21(22(26)27)9-15-4-3-5-19(8-15)28-12-18(24)13-29-20-7-6-17(23)10-16(20)11-25/h4-9,11,15,19,22H,10,13-14H2,1-3H3;3-8,10,14,18,21H,9,12-13H2,1-2H3,(H,26,27)/t19-,22-;18-,21-/m00/s1. The van der Waals surface area contributed by atoms with Crippen molar-refractivity contribution in [2.75, 3.05) is 33.5 Å². The number of hydrogen-bond acceptors (Lipinski definition) is 11. The highest BCUT2D eigenvalue weighted by Gasteiger charge is 2.23. The van der Waals surface area contributed by atoms with E-state index in [1.165, 1.54) is 31.4 Å². The van der Waals surface area contributed by atoms with Gasteiger partial charge < -0.3 is 38.3 Å². The number of halogens is 4. The molecule has 0 radical (unpaired) electrons. The Morgan fingerprint density at radius 2 is 1.05 bits per heavy atom. The van der Waals surface area contributed by atoms with Crippen LogP contribution in [0.4, 0.5) is 8.78 Å². The van der Waals surface area contributed by atoms with Crippen molar-refractivity contribution in [3.05, 3.63) is 117 Å². The predicted molar refractivity (Wildman–Crippen MR) is 224 cm³/mol. The molecular formula is C45H48Cl2F2N2O10. The second-order valence-corrected chi connectivity index (χ2v) is 14.7. The number of benzene rings is 4. The zero-order valence-electron chi connectivity index (χ0n) is 34.3. The molecule has 16 heteroatoms. The minimum absolute atomic E-state index is 0.141. The number of carboxylic acid groups (broad SMARTS) is 1. The number of nitriles is 2. The van der Waals surface area contributed by atoms with Gasteiger partial charge in [-0.3, -0.25) is 0 Å². The molecule has 4 aromatic carbocycles. The van der Waals surface area contributed by atoms with Crippen LogP contribution >= 0.6 is 23.2 Å². The summed E-state index contributed by atoms with van der Waals surface area (Å²) in [5.41, 5.74) is 1.95. The van der Waals surface area contributed by atoms with E-state index in [0.717, 1.165) is 5.56 Å². The maximum absolute atomic E-state index is 14.3. The zero-order valence-corrected chi connectivity index (χ0v) is 35.8. The number of carboxylic acids is 1. The van der Waals surface area contributed by atoms with Crippen molar-refractivity contribution in [1.29, 1.82) is 10.5 Å². The van der Waals surface area contributed by atoms with Gasteiger partial charge in [0.1, 0.15) is 61.6 Å². The van der Waals surface area contributed by atoms with Gasteiger partial charge in [-0.25, -0.2) is 18.4 Å². The monoisotopic (exact) mass is 884 g/mol. The van der Waals surface area contributed by atoms with Gasteiger partial charge in [-0.15, -0.1) is 0 Å². The minimum Gasteiger partial charge on any atom is -0.490 e. The number of esters is 1. The van der Waals surface area contributed by atoms with Crippen LogP contribution in [0.1, 0.15) is 49.9 Å². The third-order valence-electron chi connectivity index (χ3n) is 8.08. The molecule has 0 amide bonds. The highest BCUT2D eigenvalue weighted by Crippen LogP contribution is 2.24. The average Bonchev–Trinajstić information content (AvgIpc) is 3.23. The number of ether oxygens (including phenoxy) is 7. The Kier molecular flexibility index (Phi) is 21.1. The molecular weight excluding hydrogens is 837 g/mol. The summed E-state index contributed by atoms with van der Waals surface area (Å²) >= 11 is 11.7. The van der Waals surface area contributed by atoms with Crippen molar-refractivity contribution in [3.63, 3.8) is 0 Å². The number of carbonyl (C=O) groups excluding carboxylic acids is 1. The predicted octanol–water partition coefficient (Wildman–Crippen LogP) is 8.94. The van der Waals surface area contributed by atoms with E-state index in [1.54, 1.807) is 68.4 Å². The Bertz CT molecular complexity index is 2110. The van der Waals surface area contributed by atoms with Crippen LogP contribution in [-0.4, -0.2) is 87.3 Å². The number of alkyl halides is 2. The molecule has 1 N–H and O–H groups in total. The van der Waals surface area contributed by atoms with Crippen LogP contribution in [0.5, 0.6) is 23.0 Å². The van der Waals surface area contributed by atoms with Crippen LogP contribution in [-0.2, 0) is 36.6 Å². The van der Waals surface area contributed by atoms with E-state index in [1.807, 2.05) is 32.1 Å². The lowest BCUT2D eigenvalue weighted by atomic mass is 10.1. The highest BCUT2D eigenvalue weighted by molar-refractivity contribution is 6.31. The quantitative estimate of drug-likeness (QED) is 0.0746. The van der Waals surface area contributed by atoms with Crippen molar-refractivity contribution >= 4 is 35.1 Å². The van der Waals surface area contributed by atoms with E-state index < -0.39 is 36.5 Å². The van der Waals surface area contributed by atoms with Crippen molar-refractivity contribution < 1.29 is 56.6 Å². The fourth-order valence-corrected chi connectivity index (χ4v) is 5.73. The lowest BCUT2D eigenvalue weighted by molar-refractivity contribution is -0.156. The van der Waals surface area contributed by atoms with Gasteiger partial charge in [-0.2, -0.15) is 10.5 Å². The summed E-state index contributed by atoms with van der Waals surface area (Å²) in [7, 11) is 1.31. The van der Waals surface area contributed by atoms with Crippen LogP contribution < -0.4 is 18.9 Å². The molecule has 4 aromatic rings. The van der Waals surface area contributed by atoms with Crippen LogP contribution in [0.2, 0.25) is 10.0 Å². The molecule has 0 aliphatic heterocycles. The molecule has 0 saturated carbocycles. The van der Waals surface area contributed by atoms with Gasteiger partial charge in [0.05, 0.1) is 30.4 Å². The van der Waals surface area contributed by atoms with E-state index in [2.05, 4.69) is 0 Å². The van der Waals surface area contributed by atoms with E-state index in [4.69, 9.17) is 66.9 Å². The first-order chi connectivity index (χ1) is 29.1. The maximum atomic E-state index is 14.3. The average molecular weight is 886 g/mol. The molecule has 0 spiro atoms. The van der Waals surface area contributed by atoms with Gasteiger partial charge >= 0.3 is 11.9 Å². The number of nitrogens with zero attached hydrogens (tertiary/aromatic N) is 2. The Morgan fingerprint density at radius 1 is 0.639 bits per heavy atom. The van der Waals surface area contributed by atoms with Crippen LogP contribution in [0.15, 0.2) is 84.9 Å². The zero-order chi connectivity index (χ0) is 44.9. The molecule has 0 saturated heterocycles. The minimum atomic E-state index is -1.44. The van der Waals surface area contributed by atoms with Crippen molar-refractivity contribution in [2.45, 2.75) is 77.3 Å². The summed E-state index contributed by atoms with van der Waals surface area (Å²) in [6, 6.07) is 26.7. The molecule has 12 nitrogen and oxygen atoms in total. The summed E-state index contributed by atoms with van der Waals surface area (Å²) < 4.78 is 66.0. The molecule has 0 aromatic heterocycles. The summed E-state index contributed by atoms with van der Waals surface area (Å²) in [6.07, 6.45) is -4.46. The first kappa shape index (κ1) is 49.7. The number of carbonyl (C=O) groups is 2. The summed E-state index contributed by atoms with van der Waals surface area (Å²) in [6.45, 7) is 6.14. The molecule has 0 unspecified atom stereocenters. The van der Waals surface area contributed by atoms with Gasteiger partial charge in [0.25, 0.3) is 0 Å². The summed E-state index contributed by atoms with van der Waals surface area (Å²) in [4.78, 5) is 23.3. The molecule has 4 rings (SSSR count). The Balaban J connectivity index is 0.000000325. The molecule has 4 atom stereocenters. The van der Waals surface area contributed by atoms with Crippen LogP contribution in [0, 0.1) is 22.7 Å². The van der Waals surface area contributed by atoms with E-state index in [0.29, 0.717) is 33.5 Å².